The zero-order valence-electron chi connectivity index (χ0n) is 22.1. The van der Waals surface area contributed by atoms with Gasteiger partial charge >= 0.3 is 0 Å². The number of carbonyl (C=O) groups excluding carboxylic acids is 2. The number of benzene rings is 2. The summed E-state index contributed by atoms with van der Waals surface area (Å²) >= 11 is 5.95. The van der Waals surface area contributed by atoms with E-state index >= 15 is 0 Å². The van der Waals surface area contributed by atoms with Crippen LogP contribution in [0.1, 0.15) is 24.2 Å². The van der Waals surface area contributed by atoms with Crippen molar-refractivity contribution in [2.75, 3.05) is 51.8 Å². The Morgan fingerprint density at radius 3 is 2.18 bits per heavy atom. The molecule has 2 amide bonds. The number of hydrogen-bond donors (Lipinski definition) is 0. The van der Waals surface area contributed by atoms with Crippen LogP contribution >= 0.6 is 11.6 Å². The SMILES string of the molecule is COc1ccc(-c2ccc(N3CCN(C(=O)CN(C(=O)c4ccc(Cl)cc4)C(C)C)CC3)nn2)cc1OC. The molecule has 1 aliphatic rings. The lowest BCUT2D eigenvalue weighted by Gasteiger charge is -2.36. The molecule has 1 aliphatic heterocycles. The Balaban J connectivity index is 1.35. The maximum absolute atomic E-state index is 13.1. The smallest absolute Gasteiger partial charge is 0.254 e. The van der Waals surface area contributed by atoms with Crippen LogP contribution in [0, 0.1) is 0 Å². The molecular weight excluding hydrogens is 506 g/mol. The zero-order chi connectivity index (χ0) is 27.2. The minimum atomic E-state index is -0.187. The molecule has 0 bridgehead atoms. The number of carbonyl (C=O) groups is 2. The average Bonchev–Trinajstić information content (AvgIpc) is 2.95. The van der Waals surface area contributed by atoms with E-state index in [1.54, 1.807) is 48.3 Å². The van der Waals surface area contributed by atoms with Crippen LogP contribution in [0.3, 0.4) is 0 Å². The van der Waals surface area contributed by atoms with Gasteiger partial charge in [0.05, 0.1) is 19.9 Å². The highest BCUT2D eigenvalue weighted by Gasteiger charge is 2.27. The molecule has 1 saturated heterocycles. The molecule has 200 valence electrons. The molecule has 3 aromatic rings. The molecule has 0 unspecified atom stereocenters. The maximum atomic E-state index is 13.1. The van der Waals surface area contributed by atoms with Crippen LogP contribution in [0.4, 0.5) is 5.82 Å². The number of nitrogens with zero attached hydrogens (tertiary/aromatic N) is 5. The molecule has 1 fully saturated rings. The molecule has 0 saturated carbocycles. The third-order valence-electron chi connectivity index (χ3n) is 6.57. The number of anilines is 1. The van der Waals surface area contributed by atoms with Crippen molar-refractivity contribution >= 4 is 29.2 Å². The first-order valence-corrected chi connectivity index (χ1v) is 12.8. The van der Waals surface area contributed by atoms with Crippen molar-refractivity contribution in [1.29, 1.82) is 0 Å². The summed E-state index contributed by atoms with van der Waals surface area (Å²) in [7, 11) is 3.19. The number of rotatable bonds is 8. The number of hydrogen-bond acceptors (Lipinski definition) is 7. The fraction of sp³-hybridized carbons (Fsp3) is 0.357. The van der Waals surface area contributed by atoms with Crippen molar-refractivity contribution < 1.29 is 19.1 Å². The van der Waals surface area contributed by atoms with Crippen LogP contribution in [-0.2, 0) is 4.79 Å². The van der Waals surface area contributed by atoms with E-state index in [0.717, 1.165) is 17.1 Å². The van der Waals surface area contributed by atoms with E-state index < -0.39 is 0 Å². The summed E-state index contributed by atoms with van der Waals surface area (Å²) in [6.45, 7) is 6.18. The number of piperazine rings is 1. The van der Waals surface area contributed by atoms with Crippen molar-refractivity contribution in [3.8, 4) is 22.8 Å². The molecule has 10 heteroatoms. The molecule has 9 nitrogen and oxygen atoms in total. The van der Waals surface area contributed by atoms with Gasteiger partial charge in [-0.2, -0.15) is 0 Å². The van der Waals surface area contributed by atoms with E-state index in [2.05, 4.69) is 15.1 Å². The third-order valence-corrected chi connectivity index (χ3v) is 6.82. The number of halogens is 1. The summed E-state index contributed by atoms with van der Waals surface area (Å²) in [5, 5.41) is 9.38. The highest BCUT2D eigenvalue weighted by molar-refractivity contribution is 6.30. The fourth-order valence-corrected chi connectivity index (χ4v) is 4.45. The lowest BCUT2D eigenvalue weighted by molar-refractivity contribution is -0.132. The van der Waals surface area contributed by atoms with Gasteiger partial charge in [0.15, 0.2) is 17.3 Å². The molecule has 0 atom stereocenters. The average molecular weight is 538 g/mol. The first-order valence-electron chi connectivity index (χ1n) is 12.5. The van der Waals surface area contributed by atoms with E-state index in [1.807, 2.05) is 44.2 Å². The molecule has 2 heterocycles. The van der Waals surface area contributed by atoms with Gasteiger partial charge in [0, 0.05) is 48.4 Å². The number of ether oxygens (including phenoxy) is 2. The van der Waals surface area contributed by atoms with Crippen molar-refractivity contribution in [2.45, 2.75) is 19.9 Å². The van der Waals surface area contributed by atoms with E-state index in [1.165, 1.54) is 0 Å². The van der Waals surface area contributed by atoms with Gasteiger partial charge in [0.25, 0.3) is 5.91 Å². The van der Waals surface area contributed by atoms with Crippen molar-refractivity contribution in [3.05, 3.63) is 65.2 Å². The van der Waals surface area contributed by atoms with Crippen LogP contribution in [0.5, 0.6) is 11.5 Å². The number of aromatic nitrogens is 2. The van der Waals surface area contributed by atoms with Crippen LogP contribution < -0.4 is 14.4 Å². The normalized spacial score (nSPS) is 13.4. The Morgan fingerprint density at radius 1 is 0.921 bits per heavy atom. The predicted octanol–water partition coefficient (Wildman–Crippen LogP) is 4.01. The van der Waals surface area contributed by atoms with Crippen LogP contribution in [0.15, 0.2) is 54.6 Å². The molecule has 2 aromatic carbocycles. The van der Waals surface area contributed by atoms with Crippen molar-refractivity contribution in [1.82, 2.24) is 20.0 Å². The molecule has 38 heavy (non-hydrogen) atoms. The van der Waals surface area contributed by atoms with E-state index in [0.29, 0.717) is 48.3 Å². The Kier molecular flexibility index (Phi) is 8.68. The van der Waals surface area contributed by atoms with Crippen molar-refractivity contribution in [2.24, 2.45) is 0 Å². The fourth-order valence-electron chi connectivity index (χ4n) is 4.32. The van der Waals surface area contributed by atoms with Crippen LogP contribution in [-0.4, -0.2) is 84.8 Å². The number of amides is 2. The maximum Gasteiger partial charge on any atom is 0.254 e. The topological polar surface area (TPSA) is 88.1 Å². The molecule has 4 rings (SSSR count). The van der Waals surface area contributed by atoms with Crippen molar-refractivity contribution in [3.63, 3.8) is 0 Å². The summed E-state index contributed by atoms with van der Waals surface area (Å²) in [6.07, 6.45) is 0. The van der Waals surface area contributed by atoms with Gasteiger partial charge in [-0.25, -0.2) is 0 Å². The highest BCUT2D eigenvalue weighted by Crippen LogP contribution is 2.31. The highest BCUT2D eigenvalue weighted by atomic mass is 35.5. The Hall–Kier alpha value is -3.85. The molecule has 1 aromatic heterocycles. The van der Waals surface area contributed by atoms with Gasteiger partial charge in [-0.15, -0.1) is 10.2 Å². The Bertz CT molecular complexity index is 1260. The van der Waals surface area contributed by atoms with Gasteiger partial charge < -0.3 is 24.2 Å². The second-order valence-corrected chi connectivity index (χ2v) is 9.68. The van der Waals surface area contributed by atoms with Gasteiger partial charge in [0.1, 0.15) is 6.54 Å². The minimum Gasteiger partial charge on any atom is -0.493 e. The zero-order valence-corrected chi connectivity index (χ0v) is 22.8. The minimum absolute atomic E-state index is 0.0267. The second-order valence-electron chi connectivity index (χ2n) is 9.25. The van der Waals surface area contributed by atoms with Gasteiger partial charge in [-0.1, -0.05) is 11.6 Å². The lowest BCUT2D eigenvalue weighted by Crippen LogP contribution is -2.53. The molecule has 0 N–H and O–H groups in total. The van der Waals surface area contributed by atoms with Gasteiger partial charge in [-0.05, 0) is 68.4 Å². The molecular formula is C28H32ClN5O4. The van der Waals surface area contributed by atoms with E-state index in [9.17, 15) is 9.59 Å². The summed E-state index contributed by atoms with van der Waals surface area (Å²) < 4.78 is 10.7. The first kappa shape index (κ1) is 27.2. The van der Waals surface area contributed by atoms with E-state index in [4.69, 9.17) is 21.1 Å². The largest absolute Gasteiger partial charge is 0.493 e. The van der Waals surface area contributed by atoms with Gasteiger partial charge in [0.2, 0.25) is 5.91 Å². The molecule has 0 spiro atoms. The lowest BCUT2D eigenvalue weighted by atomic mass is 10.1. The second kappa shape index (κ2) is 12.1. The monoisotopic (exact) mass is 537 g/mol. The quantitative estimate of drug-likeness (QED) is 0.429. The third kappa shape index (κ3) is 6.16. The number of methoxy groups -OCH3 is 2. The Morgan fingerprint density at radius 2 is 1.61 bits per heavy atom. The summed E-state index contributed by atoms with van der Waals surface area (Å²) in [5.41, 5.74) is 2.11. The standard InChI is InChI=1S/C28H32ClN5O4/c1-19(2)34(28(36)20-5-8-22(29)9-6-20)18-27(35)33-15-13-32(14-16-33)26-12-10-23(30-31-26)21-7-11-24(37-3)25(17-21)38-4/h5-12,17,19H,13-16,18H2,1-4H3. The molecule has 0 aliphatic carbocycles. The first-order chi connectivity index (χ1) is 18.3. The summed E-state index contributed by atoms with van der Waals surface area (Å²) in [4.78, 5) is 31.6. The van der Waals surface area contributed by atoms with E-state index in [-0.39, 0.29) is 24.4 Å². The van der Waals surface area contributed by atoms with Gasteiger partial charge in [-0.3, -0.25) is 9.59 Å². The van der Waals surface area contributed by atoms with Crippen LogP contribution in [0.2, 0.25) is 5.02 Å². The van der Waals surface area contributed by atoms with Crippen LogP contribution in [0.25, 0.3) is 11.3 Å². The Labute approximate surface area is 227 Å². The predicted molar refractivity (Wildman–Crippen MR) is 147 cm³/mol. The molecule has 0 radical (unpaired) electrons. The summed E-state index contributed by atoms with van der Waals surface area (Å²) in [6, 6.07) is 16.1. The summed E-state index contributed by atoms with van der Waals surface area (Å²) in [5.74, 6) is 1.77.